The highest BCUT2D eigenvalue weighted by Gasteiger charge is 2.48. The summed E-state index contributed by atoms with van der Waals surface area (Å²) in [6.45, 7) is 1.71. The molecule has 0 bridgehead atoms. The second-order valence-electron chi connectivity index (χ2n) is 4.17. The number of hydrogen-bond donors (Lipinski definition) is 1. The fourth-order valence-electron chi connectivity index (χ4n) is 1.86. The zero-order valence-electron chi connectivity index (χ0n) is 8.51. The van der Waals surface area contributed by atoms with E-state index in [1.165, 1.54) is 12.1 Å². The molecular formula is C11H13NO3. The topological polar surface area (TPSA) is 59.3 Å². The lowest BCUT2D eigenvalue weighted by Gasteiger charge is -2.28. The van der Waals surface area contributed by atoms with Crippen LogP contribution in [-0.2, 0) is 10.3 Å². The molecule has 1 aromatic rings. The molecule has 1 heterocycles. The van der Waals surface area contributed by atoms with Gasteiger partial charge in [0.2, 0.25) is 0 Å². The predicted octanol–water partition coefficient (Wildman–Crippen LogP) is 1.06. The average molecular weight is 207 g/mol. The molecule has 0 aromatic carbocycles. The molecule has 0 spiro atoms. The van der Waals surface area contributed by atoms with Gasteiger partial charge >= 0.3 is 5.97 Å². The zero-order valence-corrected chi connectivity index (χ0v) is 8.51. The maximum Gasteiger partial charge on any atom is 0.329 e. The number of carboxylic acid groups (broad SMARTS) is 1. The number of pyridine rings is 1. The number of aromatic nitrogens is 1. The van der Waals surface area contributed by atoms with Crippen LogP contribution in [0, 0.1) is 5.92 Å². The first-order valence-corrected chi connectivity index (χ1v) is 4.97. The fourth-order valence-corrected chi connectivity index (χ4v) is 1.86. The minimum Gasteiger partial charge on any atom is -0.479 e. The van der Waals surface area contributed by atoms with E-state index in [0.29, 0.717) is 0 Å². The van der Waals surface area contributed by atoms with Crippen LogP contribution in [-0.4, -0.2) is 15.6 Å². The predicted molar refractivity (Wildman–Crippen MR) is 54.7 cm³/mol. The Bertz CT molecular complexity index is 427. The van der Waals surface area contributed by atoms with Crippen molar-refractivity contribution in [2.45, 2.75) is 25.3 Å². The highest BCUT2D eigenvalue weighted by atomic mass is 16.4. The molecule has 15 heavy (non-hydrogen) atoms. The van der Waals surface area contributed by atoms with Gasteiger partial charge in [-0.15, -0.1) is 0 Å². The minimum atomic E-state index is -0.909. The molecule has 0 saturated heterocycles. The summed E-state index contributed by atoms with van der Waals surface area (Å²) in [6.07, 6.45) is 4.98. The number of rotatable bonds is 3. The van der Waals surface area contributed by atoms with Gasteiger partial charge in [0.15, 0.2) is 5.43 Å². The number of carboxylic acids is 1. The summed E-state index contributed by atoms with van der Waals surface area (Å²) in [5, 5.41) is 9.27. The van der Waals surface area contributed by atoms with E-state index in [1.807, 2.05) is 0 Å². The smallest absolute Gasteiger partial charge is 0.329 e. The van der Waals surface area contributed by atoms with Crippen molar-refractivity contribution in [1.29, 1.82) is 0 Å². The quantitative estimate of drug-likeness (QED) is 0.806. The van der Waals surface area contributed by atoms with E-state index >= 15 is 0 Å². The summed E-state index contributed by atoms with van der Waals surface area (Å²) in [4.78, 5) is 22.2. The van der Waals surface area contributed by atoms with Crippen molar-refractivity contribution in [3.8, 4) is 0 Å². The highest BCUT2D eigenvalue weighted by molar-refractivity contribution is 5.77. The molecule has 1 atom stereocenters. The Morgan fingerprint density at radius 3 is 2.40 bits per heavy atom. The molecule has 1 unspecified atom stereocenters. The Morgan fingerprint density at radius 2 is 2.00 bits per heavy atom. The molecule has 80 valence electrons. The Balaban J connectivity index is 2.45. The Labute approximate surface area is 87.2 Å². The van der Waals surface area contributed by atoms with Gasteiger partial charge < -0.3 is 9.67 Å². The lowest BCUT2D eigenvalue weighted by Crippen LogP contribution is -2.41. The molecule has 1 fully saturated rings. The third-order valence-electron chi connectivity index (χ3n) is 3.14. The number of hydrogen-bond acceptors (Lipinski definition) is 2. The van der Waals surface area contributed by atoms with Crippen LogP contribution in [0.5, 0.6) is 0 Å². The fraction of sp³-hybridized carbons (Fsp3) is 0.455. The van der Waals surface area contributed by atoms with Crippen LogP contribution in [0.2, 0.25) is 0 Å². The highest BCUT2D eigenvalue weighted by Crippen LogP contribution is 2.44. The van der Waals surface area contributed by atoms with Crippen LogP contribution < -0.4 is 5.43 Å². The van der Waals surface area contributed by atoms with Gasteiger partial charge in [0.1, 0.15) is 5.54 Å². The summed E-state index contributed by atoms with van der Waals surface area (Å²) in [5.74, 6) is -0.661. The molecule has 1 aromatic heterocycles. The van der Waals surface area contributed by atoms with Crippen LogP contribution in [0.4, 0.5) is 0 Å². The van der Waals surface area contributed by atoms with Gasteiger partial charge in [0, 0.05) is 24.5 Å². The molecule has 1 aliphatic carbocycles. The van der Waals surface area contributed by atoms with Crippen LogP contribution in [0.15, 0.2) is 29.3 Å². The lowest BCUT2D eigenvalue weighted by atomic mass is 9.95. The SMILES string of the molecule is CC(C(=O)O)(C1CC1)n1ccc(=O)cc1. The lowest BCUT2D eigenvalue weighted by molar-refractivity contribution is -0.147. The van der Waals surface area contributed by atoms with Gasteiger partial charge in [-0.3, -0.25) is 4.79 Å². The van der Waals surface area contributed by atoms with Crippen LogP contribution in [0.25, 0.3) is 0 Å². The zero-order chi connectivity index (χ0) is 11.1. The van der Waals surface area contributed by atoms with Crippen molar-refractivity contribution in [3.05, 3.63) is 34.7 Å². The van der Waals surface area contributed by atoms with E-state index in [-0.39, 0.29) is 11.3 Å². The second-order valence-corrected chi connectivity index (χ2v) is 4.17. The summed E-state index contributed by atoms with van der Waals surface area (Å²) >= 11 is 0. The molecule has 1 aliphatic rings. The second kappa shape index (κ2) is 3.22. The molecular weight excluding hydrogens is 194 g/mol. The van der Waals surface area contributed by atoms with Gasteiger partial charge in [-0.05, 0) is 25.7 Å². The van der Waals surface area contributed by atoms with Crippen LogP contribution >= 0.6 is 0 Å². The Hall–Kier alpha value is -1.58. The van der Waals surface area contributed by atoms with E-state index in [9.17, 15) is 14.7 Å². The summed E-state index contributed by atoms with van der Waals surface area (Å²) in [7, 11) is 0. The van der Waals surface area contributed by atoms with Gasteiger partial charge in [0.25, 0.3) is 0 Å². The van der Waals surface area contributed by atoms with E-state index < -0.39 is 11.5 Å². The van der Waals surface area contributed by atoms with Crippen molar-refractivity contribution < 1.29 is 9.90 Å². The Kier molecular flexibility index (Phi) is 2.14. The first-order valence-electron chi connectivity index (χ1n) is 4.97. The Morgan fingerprint density at radius 1 is 1.47 bits per heavy atom. The van der Waals surface area contributed by atoms with Gasteiger partial charge in [0.05, 0.1) is 0 Å². The molecule has 0 aliphatic heterocycles. The van der Waals surface area contributed by atoms with Gasteiger partial charge in [-0.2, -0.15) is 0 Å². The molecule has 0 amide bonds. The van der Waals surface area contributed by atoms with Crippen LogP contribution in [0.3, 0.4) is 0 Å². The van der Waals surface area contributed by atoms with E-state index in [1.54, 1.807) is 23.9 Å². The molecule has 1 saturated carbocycles. The molecule has 4 heteroatoms. The largest absolute Gasteiger partial charge is 0.479 e. The van der Waals surface area contributed by atoms with Gasteiger partial charge in [-0.25, -0.2) is 4.79 Å². The normalized spacial score (nSPS) is 19.5. The standard InChI is InChI=1S/C11H13NO3/c1-11(10(14)15,8-2-3-8)12-6-4-9(13)5-7-12/h4-8H,2-3H2,1H3,(H,14,15). The first-order chi connectivity index (χ1) is 7.05. The van der Waals surface area contributed by atoms with Crippen molar-refractivity contribution in [2.24, 2.45) is 5.92 Å². The number of aliphatic carboxylic acids is 1. The van der Waals surface area contributed by atoms with E-state index in [0.717, 1.165) is 12.8 Å². The van der Waals surface area contributed by atoms with Crippen molar-refractivity contribution >= 4 is 5.97 Å². The third-order valence-corrected chi connectivity index (χ3v) is 3.14. The summed E-state index contributed by atoms with van der Waals surface area (Å²) in [5.41, 5.74) is -1.01. The van der Waals surface area contributed by atoms with E-state index in [4.69, 9.17) is 0 Å². The first kappa shape index (κ1) is 9.96. The van der Waals surface area contributed by atoms with Crippen LogP contribution in [0.1, 0.15) is 19.8 Å². The third kappa shape index (κ3) is 1.56. The molecule has 4 nitrogen and oxygen atoms in total. The molecule has 1 N–H and O–H groups in total. The molecule has 2 rings (SSSR count). The monoisotopic (exact) mass is 207 g/mol. The summed E-state index contributed by atoms with van der Waals surface area (Å²) < 4.78 is 1.62. The maximum absolute atomic E-state index is 11.3. The van der Waals surface area contributed by atoms with Crippen molar-refractivity contribution in [1.82, 2.24) is 4.57 Å². The number of nitrogens with zero attached hydrogens (tertiary/aromatic N) is 1. The minimum absolute atomic E-state index is 0.102. The summed E-state index contributed by atoms with van der Waals surface area (Å²) in [6, 6.07) is 2.78. The van der Waals surface area contributed by atoms with Crippen molar-refractivity contribution in [2.75, 3.05) is 0 Å². The van der Waals surface area contributed by atoms with Gasteiger partial charge in [-0.1, -0.05) is 0 Å². The maximum atomic E-state index is 11.3. The number of carbonyl (C=O) groups is 1. The van der Waals surface area contributed by atoms with Crippen molar-refractivity contribution in [3.63, 3.8) is 0 Å². The average Bonchev–Trinajstić information content (AvgIpc) is 3.00. The van der Waals surface area contributed by atoms with E-state index in [2.05, 4.69) is 0 Å². The molecule has 0 radical (unpaired) electrons.